The average molecular weight is 227 g/mol. The van der Waals surface area contributed by atoms with Crippen LogP contribution < -0.4 is 11.1 Å². The predicted octanol–water partition coefficient (Wildman–Crippen LogP) is 1.70. The molecule has 1 fully saturated rings. The standard InChI is InChI=1S/C12H25N3O/c1-2-3-8-14-12(16)15-9-6-4-5-7-11(15)10-13/h11H,2-10,13H2,1H3,(H,14,16). The van der Waals surface area contributed by atoms with Crippen molar-refractivity contribution < 1.29 is 4.79 Å². The molecule has 1 heterocycles. The van der Waals surface area contributed by atoms with E-state index in [0.29, 0.717) is 6.54 Å². The van der Waals surface area contributed by atoms with E-state index < -0.39 is 0 Å². The number of hydrogen-bond donors (Lipinski definition) is 2. The summed E-state index contributed by atoms with van der Waals surface area (Å²) < 4.78 is 0. The van der Waals surface area contributed by atoms with Gasteiger partial charge in [0.2, 0.25) is 0 Å². The normalized spacial score (nSPS) is 21.6. The lowest BCUT2D eigenvalue weighted by atomic mass is 10.1. The van der Waals surface area contributed by atoms with Crippen molar-refractivity contribution in [2.45, 2.75) is 51.5 Å². The Bertz CT molecular complexity index is 208. The van der Waals surface area contributed by atoms with E-state index in [1.807, 2.05) is 4.90 Å². The lowest BCUT2D eigenvalue weighted by Crippen LogP contribution is -2.49. The van der Waals surface area contributed by atoms with E-state index in [-0.39, 0.29) is 12.1 Å². The average Bonchev–Trinajstić information content (AvgIpc) is 2.54. The fourth-order valence-corrected chi connectivity index (χ4v) is 2.16. The molecule has 1 aliphatic rings. The van der Waals surface area contributed by atoms with Gasteiger partial charge in [0.25, 0.3) is 0 Å². The molecule has 1 unspecified atom stereocenters. The number of carbonyl (C=O) groups excluding carboxylic acids is 1. The molecule has 0 aromatic heterocycles. The monoisotopic (exact) mass is 227 g/mol. The molecular formula is C12H25N3O. The van der Waals surface area contributed by atoms with Crippen LogP contribution >= 0.6 is 0 Å². The molecule has 0 aromatic rings. The molecule has 3 N–H and O–H groups in total. The van der Waals surface area contributed by atoms with E-state index in [0.717, 1.165) is 38.8 Å². The summed E-state index contributed by atoms with van der Waals surface area (Å²) in [7, 11) is 0. The molecule has 1 atom stereocenters. The molecule has 4 nitrogen and oxygen atoms in total. The number of hydrogen-bond acceptors (Lipinski definition) is 2. The first-order valence-corrected chi connectivity index (χ1v) is 6.54. The number of unbranched alkanes of at least 4 members (excludes halogenated alkanes) is 1. The molecule has 4 heteroatoms. The maximum atomic E-state index is 12.0. The maximum absolute atomic E-state index is 12.0. The van der Waals surface area contributed by atoms with Gasteiger partial charge in [0, 0.05) is 25.7 Å². The first-order chi connectivity index (χ1) is 7.79. The van der Waals surface area contributed by atoms with E-state index in [1.54, 1.807) is 0 Å². The number of nitrogens with two attached hydrogens (primary N) is 1. The summed E-state index contributed by atoms with van der Waals surface area (Å²) in [6.45, 7) is 4.35. The second kappa shape index (κ2) is 7.49. The van der Waals surface area contributed by atoms with Crippen LogP contribution in [0.3, 0.4) is 0 Å². The highest BCUT2D eigenvalue weighted by atomic mass is 16.2. The highest BCUT2D eigenvalue weighted by Crippen LogP contribution is 2.15. The summed E-state index contributed by atoms with van der Waals surface area (Å²) >= 11 is 0. The lowest BCUT2D eigenvalue weighted by molar-refractivity contribution is 0.177. The fourth-order valence-electron chi connectivity index (χ4n) is 2.16. The second-order valence-electron chi connectivity index (χ2n) is 4.52. The lowest BCUT2D eigenvalue weighted by Gasteiger charge is -2.29. The largest absolute Gasteiger partial charge is 0.338 e. The molecule has 1 saturated heterocycles. The Morgan fingerprint density at radius 3 is 2.94 bits per heavy atom. The number of rotatable bonds is 4. The van der Waals surface area contributed by atoms with Crippen LogP contribution in [0.1, 0.15) is 45.4 Å². The van der Waals surface area contributed by atoms with Gasteiger partial charge >= 0.3 is 6.03 Å². The Hall–Kier alpha value is -0.770. The van der Waals surface area contributed by atoms with E-state index in [2.05, 4.69) is 12.2 Å². The molecule has 0 radical (unpaired) electrons. The summed E-state index contributed by atoms with van der Waals surface area (Å²) in [4.78, 5) is 13.9. The van der Waals surface area contributed by atoms with Gasteiger partial charge in [-0.3, -0.25) is 0 Å². The van der Waals surface area contributed by atoms with Crippen molar-refractivity contribution in [3.8, 4) is 0 Å². The van der Waals surface area contributed by atoms with Gasteiger partial charge in [-0.2, -0.15) is 0 Å². The Balaban J connectivity index is 2.42. The van der Waals surface area contributed by atoms with Gasteiger partial charge in [-0.25, -0.2) is 4.79 Å². The summed E-state index contributed by atoms with van der Waals surface area (Å²) in [6, 6.07) is 0.315. The van der Waals surface area contributed by atoms with Crippen LogP contribution in [0.5, 0.6) is 0 Å². The van der Waals surface area contributed by atoms with Crippen molar-refractivity contribution in [3.05, 3.63) is 0 Å². The SMILES string of the molecule is CCCCNC(=O)N1CCCCCC1CN. The van der Waals surface area contributed by atoms with Crippen LogP contribution in [0.2, 0.25) is 0 Å². The van der Waals surface area contributed by atoms with Crippen molar-refractivity contribution >= 4 is 6.03 Å². The molecule has 0 aromatic carbocycles. The molecule has 1 rings (SSSR count). The van der Waals surface area contributed by atoms with Gasteiger partial charge in [0.05, 0.1) is 0 Å². The van der Waals surface area contributed by atoms with Crippen molar-refractivity contribution in [2.75, 3.05) is 19.6 Å². The smallest absolute Gasteiger partial charge is 0.317 e. The summed E-state index contributed by atoms with van der Waals surface area (Å²) in [6.07, 6.45) is 6.73. The number of likely N-dealkylation sites (tertiary alicyclic amines) is 1. The van der Waals surface area contributed by atoms with E-state index in [9.17, 15) is 4.79 Å². The first-order valence-electron chi connectivity index (χ1n) is 6.54. The Morgan fingerprint density at radius 2 is 2.25 bits per heavy atom. The van der Waals surface area contributed by atoms with E-state index >= 15 is 0 Å². The molecule has 0 spiro atoms. The summed E-state index contributed by atoms with van der Waals surface area (Å²) in [5.41, 5.74) is 5.73. The van der Waals surface area contributed by atoms with E-state index in [4.69, 9.17) is 5.73 Å². The number of nitrogens with zero attached hydrogens (tertiary/aromatic N) is 1. The van der Waals surface area contributed by atoms with Crippen LogP contribution in [0.4, 0.5) is 4.79 Å². The first kappa shape index (κ1) is 13.3. The number of nitrogens with one attached hydrogen (secondary N) is 1. The third-order valence-corrected chi connectivity index (χ3v) is 3.22. The van der Waals surface area contributed by atoms with Gasteiger partial charge in [0.1, 0.15) is 0 Å². The Morgan fingerprint density at radius 1 is 1.44 bits per heavy atom. The molecule has 1 aliphatic heterocycles. The Kier molecular flexibility index (Phi) is 6.23. The minimum atomic E-state index is 0.0748. The van der Waals surface area contributed by atoms with Crippen LogP contribution in [0, 0.1) is 0 Å². The van der Waals surface area contributed by atoms with E-state index in [1.165, 1.54) is 12.8 Å². The zero-order chi connectivity index (χ0) is 11.8. The third kappa shape index (κ3) is 4.00. The van der Waals surface area contributed by atoms with Crippen LogP contribution in [-0.4, -0.2) is 36.6 Å². The molecule has 94 valence electrons. The van der Waals surface area contributed by atoms with Gasteiger partial charge in [-0.15, -0.1) is 0 Å². The fraction of sp³-hybridized carbons (Fsp3) is 0.917. The Labute approximate surface area is 98.6 Å². The zero-order valence-corrected chi connectivity index (χ0v) is 10.4. The van der Waals surface area contributed by atoms with Crippen LogP contribution in [-0.2, 0) is 0 Å². The molecule has 2 amide bonds. The molecule has 0 saturated carbocycles. The number of amides is 2. The zero-order valence-electron chi connectivity index (χ0n) is 10.4. The second-order valence-corrected chi connectivity index (χ2v) is 4.52. The topological polar surface area (TPSA) is 58.4 Å². The minimum Gasteiger partial charge on any atom is -0.338 e. The summed E-state index contributed by atoms with van der Waals surface area (Å²) in [5.74, 6) is 0. The quantitative estimate of drug-likeness (QED) is 0.718. The maximum Gasteiger partial charge on any atom is 0.317 e. The minimum absolute atomic E-state index is 0.0748. The van der Waals surface area contributed by atoms with Crippen LogP contribution in [0.15, 0.2) is 0 Å². The van der Waals surface area contributed by atoms with Crippen molar-refractivity contribution in [1.82, 2.24) is 10.2 Å². The number of carbonyl (C=O) groups is 1. The molecule has 16 heavy (non-hydrogen) atoms. The van der Waals surface area contributed by atoms with Crippen LogP contribution in [0.25, 0.3) is 0 Å². The van der Waals surface area contributed by atoms with Gasteiger partial charge in [-0.05, 0) is 19.3 Å². The highest BCUT2D eigenvalue weighted by molar-refractivity contribution is 5.74. The van der Waals surface area contributed by atoms with Crippen molar-refractivity contribution in [3.63, 3.8) is 0 Å². The number of urea groups is 1. The predicted molar refractivity (Wildman–Crippen MR) is 66.3 cm³/mol. The third-order valence-electron chi connectivity index (χ3n) is 3.22. The molecular weight excluding hydrogens is 202 g/mol. The van der Waals surface area contributed by atoms with Gasteiger partial charge in [0.15, 0.2) is 0 Å². The molecule has 0 aliphatic carbocycles. The summed E-state index contributed by atoms with van der Waals surface area (Å²) in [5, 5.41) is 2.98. The van der Waals surface area contributed by atoms with Crippen molar-refractivity contribution in [1.29, 1.82) is 0 Å². The van der Waals surface area contributed by atoms with Gasteiger partial charge < -0.3 is 16.0 Å². The molecule has 0 bridgehead atoms. The van der Waals surface area contributed by atoms with Crippen molar-refractivity contribution in [2.24, 2.45) is 5.73 Å². The highest BCUT2D eigenvalue weighted by Gasteiger charge is 2.23. The van der Waals surface area contributed by atoms with Gasteiger partial charge in [-0.1, -0.05) is 26.2 Å².